The molecule has 18 atom stereocenters. The minimum atomic E-state index is -4.57. The van der Waals surface area contributed by atoms with Crippen molar-refractivity contribution in [2.24, 2.45) is 17.3 Å². The Hall–Kier alpha value is -2.55. The maximum absolute atomic E-state index is 13.1. The number of amides is 4. The maximum atomic E-state index is 13.1. The minimum absolute atomic E-state index is 0.0207. The highest BCUT2D eigenvalue weighted by atomic mass is 31.2. The number of carbonyl (C=O) groups excluding carboxylic acids is 4. The van der Waals surface area contributed by atoms with Gasteiger partial charge in [0, 0.05) is 117 Å². The first-order valence-electron chi connectivity index (χ1n) is 38.9. The number of hydrogen-bond donors (Lipinski definition) is 13. The zero-order valence-electron chi connectivity index (χ0n) is 64.7. The van der Waals surface area contributed by atoms with Crippen molar-refractivity contribution in [3.05, 3.63) is 0 Å². The SMILES string of the molecule is CC(=O)NC1[C@H](OCCCCC(=O)N2CCC(OP(=O)(O)OCCCOCC(COCCCOP(=O)(O)OC3CCN(C(=O)CCCCO[C@@H]4OC(CO)[C@H](O)[C@H](O)C4C)CC3)(COCCCOP(=O)(O)OC3CCN(C(=O)CCCCO[C@@H]4OC(CO)[C@H](O)[C@H](O)C4C)CC3)COC(C)C)CC2)OC(CO)[C@H](O)[C@@H]1O. The predicted molar refractivity (Wildman–Crippen MR) is 388 cm³/mol. The van der Waals surface area contributed by atoms with E-state index >= 15 is 0 Å². The Kier molecular flexibility index (Phi) is 43.6. The van der Waals surface area contributed by atoms with Crippen LogP contribution in [0.25, 0.3) is 0 Å². The largest absolute Gasteiger partial charge is 0.472 e. The molecule has 0 spiro atoms. The van der Waals surface area contributed by atoms with Crippen LogP contribution in [-0.4, -0.2) is 348 Å². The highest BCUT2D eigenvalue weighted by molar-refractivity contribution is 7.48. The molecule has 0 saturated carbocycles. The van der Waals surface area contributed by atoms with Gasteiger partial charge in [0.1, 0.15) is 48.8 Å². The maximum Gasteiger partial charge on any atom is 0.472 e. The summed E-state index contributed by atoms with van der Waals surface area (Å²) in [5.74, 6) is -1.92. The molecular formula is C69H127N4O35P3. The summed E-state index contributed by atoms with van der Waals surface area (Å²) in [7, 11) is -13.7. The Balaban J connectivity index is 0.905. The van der Waals surface area contributed by atoms with E-state index in [1.807, 2.05) is 13.8 Å². The predicted octanol–water partition coefficient (Wildman–Crippen LogP) is 0.646. The summed E-state index contributed by atoms with van der Waals surface area (Å²) < 4.78 is 130. The second-order valence-electron chi connectivity index (χ2n) is 29.6. The van der Waals surface area contributed by atoms with Gasteiger partial charge < -0.3 is 128 Å². The third-order valence-electron chi connectivity index (χ3n) is 20.1. The Morgan fingerprint density at radius 3 is 1.05 bits per heavy atom. The summed E-state index contributed by atoms with van der Waals surface area (Å²) in [4.78, 5) is 87.9. The second-order valence-corrected chi connectivity index (χ2v) is 33.8. The molecule has 4 amide bonds. The van der Waals surface area contributed by atoms with Gasteiger partial charge in [0.15, 0.2) is 18.9 Å². The van der Waals surface area contributed by atoms with Crippen LogP contribution in [0.5, 0.6) is 0 Å². The monoisotopic (exact) mass is 1660 g/mol. The molecule has 111 heavy (non-hydrogen) atoms. The van der Waals surface area contributed by atoms with Gasteiger partial charge in [0.25, 0.3) is 0 Å². The average Bonchev–Trinajstić information content (AvgIpc) is 0.817. The summed E-state index contributed by atoms with van der Waals surface area (Å²) in [5.41, 5.74) is -1.02. The lowest BCUT2D eigenvalue weighted by Gasteiger charge is -2.42. The number of piperidine rings is 3. The normalized spacial score (nSPS) is 29.7. The van der Waals surface area contributed by atoms with E-state index in [9.17, 15) is 93.5 Å². The first-order chi connectivity index (χ1) is 52.8. The molecule has 9 unspecified atom stereocenters. The molecular weight excluding hydrogens is 1540 g/mol. The highest BCUT2D eigenvalue weighted by Crippen LogP contribution is 2.48. The number of aliphatic hydroxyl groups excluding tert-OH is 9. The van der Waals surface area contributed by atoms with Gasteiger partial charge in [-0.3, -0.25) is 46.3 Å². The summed E-state index contributed by atoms with van der Waals surface area (Å²) in [6, 6.07) is -1.09. The highest BCUT2D eigenvalue weighted by Gasteiger charge is 2.47. The zero-order valence-corrected chi connectivity index (χ0v) is 67.4. The number of rotatable bonds is 52. The number of carbonyl (C=O) groups is 4. The lowest BCUT2D eigenvalue weighted by atomic mass is 9.92. The smallest absolute Gasteiger partial charge is 0.394 e. The van der Waals surface area contributed by atoms with Gasteiger partial charge in [-0.15, -0.1) is 0 Å². The molecule has 6 fully saturated rings. The number of aliphatic hydroxyl groups is 9. The molecule has 0 aliphatic carbocycles. The molecule has 6 aliphatic heterocycles. The van der Waals surface area contributed by atoms with E-state index in [1.165, 1.54) is 6.92 Å². The third kappa shape index (κ3) is 34.0. The Bertz CT molecular complexity index is 2710. The summed E-state index contributed by atoms with van der Waals surface area (Å²) in [6.45, 7) is 8.19. The molecule has 0 radical (unpaired) electrons. The number of unbranched alkanes of at least 4 members (excludes halogenated alkanes) is 3. The fourth-order valence-corrected chi connectivity index (χ4v) is 16.4. The summed E-state index contributed by atoms with van der Waals surface area (Å²) in [6.07, 6.45) is -10.3. The van der Waals surface area contributed by atoms with Gasteiger partial charge in [-0.1, -0.05) is 13.8 Å². The quantitative estimate of drug-likeness (QED) is 0.0294. The van der Waals surface area contributed by atoms with Gasteiger partial charge in [-0.2, -0.15) is 0 Å². The van der Waals surface area contributed by atoms with Crippen molar-refractivity contribution in [2.75, 3.05) is 145 Å². The van der Waals surface area contributed by atoms with Gasteiger partial charge in [0.2, 0.25) is 23.6 Å². The van der Waals surface area contributed by atoms with Crippen molar-refractivity contribution >= 4 is 47.1 Å². The van der Waals surface area contributed by atoms with Crippen molar-refractivity contribution in [1.29, 1.82) is 0 Å². The van der Waals surface area contributed by atoms with Crippen molar-refractivity contribution < 1.29 is 168 Å². The standard InChI is InChI=1S/C69H127N4O35P3/c1-46(2)99-45-69(42-93-30-12-36-100-109(87,88)106-50-18-24-71(25-19-50)56(78)15-6-9-33-96-66-47(3)60(81)62(83)53(39-74)103-66,43-94-31-13-37-101-110(89,90)107-51-20-26-72(27-21-51)57(79)16-7-10-34-97-67-48(4)61(82)63(84)54(40-75)104-67)44-95-32-14-38-102-111(91,92)108-52-22-28-73(29-23-52)58(80)17-8-11-35-98-68-59(70-49(5)77)65(86)64(85)55(41-76)105-68/h46-48,50-55,59-68,74-76,81-86H,6-45H2,1-5H3,(H,70,77)(H,87,88)(H,89,90)(H,91,92)/t47?,48?,53?,54?,55?,59?,60-,61-,62+,63+,64+,65-,66-,67-,68-,69?/m1/s1. The molecule has 6 heterocycles. The topological polar surface area (TPSA) is 532 Å². The molecule has 6 rings (SSSR count). The van der Waals surface area contributed by atoms with E-state index in [-0.39, 0.29) is 174 Å². The van der Waals surface area contributed by atoms with E-state index in [2.05, 4.69) is 5.32 Å². The molecule has 42 heteroatoms. The van der Waals surface area contributed by atoms with Crippen molar-refractivity contribution in [3.8, 4) is 0 Å². The first kappa shape index (κ1) is 97.3. The number of phosphoric ester groups is 3. The van der Waals surface area contributed by atoms with Crippen LogP contribution >= 0.6 is 23.5 Å². The Morgan fingerprint density at radius 1 is 0.432 bits per heavy atom. The van der Waals surface area contributed by atoms with Crippen LogP contribution in [0.15, 0.2) is 0 Å². The molecule has 0 aromatic heterocycles. The fourth-order valence-electron chi connectivity index (χ4n) is 13.4. The van der Waals surface area contributed by atoms with Gasteiger partial charge in [0.05, 0.1) is 108 Å². The number of likely N-dealkylation sites (tertiary alicyclic amines) is 3. The van der Waals surface area contributed by atoms with E-state index in [0.717, 1.165) is 0 Å². The van der Waals surface area contributed by atoms with Crippen LogP contribution in [0, 0.1) is 17.3 Å². The number of nitrogens with one attached hydrogen (secondary N) is 1. The van der Waals surface area contributed by atoms with Gasteiger partial charge in [-0.25, -0.2) is 13.7 Å². The van der Waals surface area contributed by atoms with E-state index < -0.39 is 165 Å². The van der Waals surface area contributed by atoms with Crippen molar-refractivity contribution in [2.45, 2.75) is 254 Å². The van der Waals surface area contributed by atoms with Crippen LogP contribution in [-0.2, 0) is 107 Å². The molecule has 0 aromatic carbocycles. The zero-order chi connectivity index (χ0) is 81.3. The number of nitrogens with zero attached hydrogens (tertiary/aromatic N) is 3. The lowest BCUT2D eigenvalue weighted by molar-refractivity contribution is -0.282. The number of ether oxygens (including phenoxy) is 10. The number of phosphoric acid groups is 3. The summed E-state index contributed by atoms with van der Waals surface area (Å²) in [5, 5.41) is 92.6. The van der Waals surface area contributed by atoms with E-state index in [1.54, 1.807) is 28.5 Å². The van der Waals surface area contributed by atoms with Crippen LogP contribution in [0.1, 0.15) is 150 Å². The molecule has 6 saturated heterocycles. The van der Waals surface area contributed by atoms with Crippen LogP contribution in [0.4, 0.5) is 0 Å². The average molecular weight is 1670 g/mol. The fraction of sp³-hybridized carbons (Fsp3) is 0.942. The van der Waals surface area contributed by atoms with E-state index in [0.29, 0.717) is 90.4 Å². The minimum Gasteiger partial charge on any atom is -0.394 e. The molecule has 39 nitrogen and oxygen atoms in total. The Morgan fingerprint density at radius 2 is 0.739 bits per heavy atom. The van der Waals surface area contributed by atoms with Gasteiger partial charge >= 0.3 is 23.5 Å². The van der Waals surface area contributed by atoms with Crippen LogP contribution in [0.3, 0.4) is 0 Å². The number of hydrogen-bond acceptors (Lipinski definition) is 32. The van der Waals surface area contributed by atoms with E-state index in [4.69, 9.17) is 74.5 Å². The summed E-state index contributed by atoms with van der Waals surface area (Å²) >= 11 is 0. The van der Waals surface area contributed by atoms with Crippen LogP contribution < -0.4 is 5.32 Å². The molecule has 0 bridgehead atoms. The second kappa shape index (κ2) is 49.7. The third-order valence-corrected chi connectivity index (χ3v) is 23.3. The van der Waals surface area contributed by atoms with Gasteiger partial charge in [-0.05, 0) is 110 Å². The van der Waals surface area contributed by atoms with Crippen molar-refractivity contribution in [3.63, 3.8) is 0 Å². The molecule has 0 aromatic rings. The molecule has 6 aliphatic rings. The van der Waals surface area contributed by atoms with Crippen molar-refractivity contribution in [1.82, 2.24) is 20.0 Å². The molecule has 648 valence electrons. The first-order valence-corrected chi connectivity index (χ1v) is 43.4. The Labute approximate surface area is 649 Å². The lowest BCUT2D eigenvalue weighted by Crippen LogP contribution is -2.64. The van der Waals surface area contributed by atoms with Crippen LogP contribution in [0.2, 0.25) is 0 Å². The molecule has 13 N–H and O–H groups in total.